The average molecular weight is 168 g/mol. The molecule has 0 aliphatic heterocycles. The zero-order valence-corrected chi connectivity index (χ0v) is 8.38. The van der Waals surface area contributed by atoms with Crippen molar-refractivity contribution >= 4 is 0 Å². The van der Waals surface area contributed by atoms with Crippen LogP contribution in [0.4, 0.5) is 0 Å². The topological polar surface area (TPSA) is 27.1 Å². The highest BCUT2D eigenvalue weighted by molar-refractivity contribution is 5.21. The minimum Gasteiger partial charge on any atom is -0.480 e. The average Bonchev–Trinajstić information content (AvgIpc) is 2.29. The Balaban J connectivity index is 3.08. The molecule has 0 N–H and O–H groups in total. The van der Waals surface area contributed by atoms with Crippen LogP contribution in [0.3, 0.4) is 0 Å². The number of aromatic nitrogens is 2. The molecule has 0 atom stereocenters. The number of rotatable bonds is 1. The van der Waals surface area contributed by atoms with Gasteiger partial charge in [-0.3, -0.25) is 4.68 Å². The maximum Gasteiger partial charge on any atom is 0.232 e. The van der Waals surface area contributed by atoms with Gasteiger partial charge in [-0.1, -0.05) is 20.8 Å². The molecule has 0 unspecified atom stereocenters. The van der Waals surface area contributed by atoms with Crippen molar-refractivity contribution in [3.05, 3.63) is 11.8 Å². The fourth-order valence-electron chi connectivity index (χ4n) is 1.24. The van der Waals surface area contributed by atoms with Crippen molar-refractivity contribution in [2.45, 2.75) is 26.2 Å². The summed E-state index contributed by atoms with van der Waals surface area (Å²) < 4.78 is 6.90. The highest BCUT2D eigenvalue weighted by atomic mass is 16.5. The van der Waals surface area contributed by atoms with Crippen molar-refractivity contribution in [1.29, 1.82) is 0 Å². The number of hydrogen-bond donors (Lipinski definition) is 0. The lowest BCUT2D eigenvalue weighted by molar-refractivity contribution is 0.391. The van der Waals surface area contributed by atoms with Crippen LogP contribution >= 0.6 is 0 Å². The van der Waals surface area contributed by atoms with Crippen molar-refractivity contribution in [3.8, 4) is 5.88 Å². The second-order valence-corrected chi connectivity index (χ2v) is 3.95. The lowest BCUT2D eigenvalue weighted by atomic mass is 9.92. The summed E-state index contributed by atoms with van der Waals surface area (Å²) in [5.41, 5.74) is 1.30. The Kier molecular flexibility index (Phi) is 2.13. The molecule has 0 radical (unpaired) electrons. The third-order valence-electron chi connectivity index (χ3n) is 1.83. The van der Waals surface area contributed by atoms with Crippen LogP contribution in [0.15, 0.2) is 6.07 Å². The molecule has 0 spiro atoms. The Labute approximate surface area is 73.3 Å². The van der Waals surface area contributed by atoms with Crippen molar-refractivity contribution in [2.75, 3.05) is 7.11 Å². The molecule has 1 aromatic rings. The maximum absolute atomic E-state index is 5.04. The highest BCUT2D eigenvalue weighted by Crippen LogP contribution is 2.24. The molecule has 0 saturated carbocycles. The van der Waals surface area contributed by atoms with Gasteiger partial charge < -0.3 is 4.74 Å². The molecule has 68 valence electrons. The smallest absolute Gasteiger partial charge is 0.232 e. The normalized spacial score (nSPS) is 11.8. The van der Waals surface area contributed by atoms with Crippen molar-refractivity contribution in [1.82, 2.24) is 9.78 Å². The standard InChI is InChI=1S/C9H16N2O/c1-9(2,3)7-6-8(12-5)10-11(7)4/h6H,1-5H3. The van der Waals surface area contributed by atoms with Gasteiger partial charge in [-0.15, -0.1) is 5.10 Å². The van der Waals surface area contributed by atoms with E-state index >= 15 is 0 Å². The summed E-state index contributed by atoms with van der Waals surface area (Å²) in [6.07, 6.45) is 0. The third-order valence-corrected chi connectivity index (χ3v) is 1.83. The number of hydrogen-bond acceptors (Lipinski definition) is 2. The second-order valence-electron chi connectivity index (χ2n) is 3.95. The Morgan fingerprint density at radius 3 is 2.25 bits per heavy atom. The van der Waals surface area contributed by atoms with Gasteiger partial charge in [0.05, 0.1) is 7.11 Å². The number of ether oxygens (including phenoxy) is 1. The molecule has 3 heteroatoms. The predicted molar refractivity (Wildman–Crippen MR) is 48.5 cm³/mol. The van der Waals surface area contributed by atoms with E-state index in [1.54, 1.807) is 7.11 Å². The SMILES string of the molecule is COc1cc(C(C)(C)C)n(C)n1. The van der Waals surface area contributed by atoms with Crippen molar-refractivity contribution in [3.63, 3.8) is 0 Å². The van der Waals surface area contributed by atoms with E-state index in [0.29, 0.717) is 5.88 Å². The number of methoxy groups -OCH3 is 1. The number of aryl methyl sites for hydroxylation is 1. The molecule has 0 aliphatic rings. The predicted octanol–water partition coefficient (Wildman–Crippen LogP) is 1.73. The van der Waals surface area contributed by atoms with E-state index in [4.69, 9.17) is 4.74 Å². The fraction of sp³-hybridized carbons (Fsp3) is 0.667. The Morgan fingerprint density at radius 1 is 1.42 bits per heavy atom. The maximum atomic E-state index is 5.04. The van der Waals surface area contributed by atoms with Crippen molar-refractivity contribution < 1.29 is 4.74 Å². The van der Waals surface area contributed by atoms with E-state index in [1.165, 1.54) is 5.69 Å². The summed E-state index contributed by atoms with van der Waals surface area (Å²) in [6.45, 7) is 6.47. The van der Waals surface area contributed by atoms with E-state index in [-0.39, 0.29) is 5.41 Å². The van der Waals surface area contributed by atoms with Crippen LogP contribution < -0.4 is 4.74 Å². The van der Waals surface area contributed by atoms with Gasteiger partial charge in [0.15, 0.2) is 0 Å². The van der Waals surface area contributed by atoms with Gasteiger partial charge in [0.1, 0.15) is 0 Å². The molecule has 0 fully saturated rings. The molecule has 1 aromatic heterocycles. The molecule has 0 bridgehead atoms. The van der Waals surface area contributed by atoms with Gasteiger partial charge in [0, 0.05) is 24.2 Å². The van der Waals surface area contributed by atoms with E-state index in [9.17, 15) is 0 Å². The van der Waals surface area contributed by atoms with Crippen LogP contribution in [0, 0.1) is 0 Å². The van der Waals surface area contributed by atoms with Gasteiger partial charge >= 0.3 is 0 Å². The molecule has 0 aliphatic carbocycles. The molecule has 12 heavy (non-hydrogen) atoms. The van der Waals surface area contributed by atoms with Crippen LogP contribution in [0.1, 0.15) is 26.5 Å². The Morgan fingerprint density at radius 2 is 2.00 bits per heavy atom. The second kappa shape index (κ2) is 2.81. The quantitative estimate of drug-likeness (QED) is 0.638. The largest absolute Gasteiger partial charge is 0.480 e. The first-order valence-corrected chi connectivity index (χ1v) is 4.03. The molecular formula is C9H16N2O. The summed E-state index contributed by atoms with van der Waals surface area (Å²) in [5, 5.41) is 4.19. The lowest BCUT2D eigenvalue weighted by Gasteiger charge is -2.17. The van der Waals surface area contributed by atoms with Crippen LogP contribution in [0.5, 0.6) is 5.88 Å². The highest BCUT2D eigenvalue weighted by Gasteiger charge is 2.19. The molecular weight excluding hydrogens is 152 g/mol. The molecule has 3 nitrogen and oxygen atoms in total. The monoisotopic (exact) mass is 168 g/mol. The Bertz CT molecular complexity index is 271. The fourth-order valence-corrected chi connectivity index (χ4v) is 1.24. The van der Waals surface area contributed by atoms with Crippen LogP contribution in [0.2, 0.25) is 0 Å². The zero-order chi connectivity index (χ0) is 9.35. The van der Waals surface area contributed by atoms with Gasteiger partial charge in [-0.05, 0) is 0 Å². The molecule has 0 amide bonds. The summed E-state index contributed by atoms with van der Waals surface area (Å²) in [7, 11) is 3.57. The molecule has 0 saturated heterocycles. The van der Waals surface area contributed by atoms with E-state index in [0.717, 1.165) is 0 Å². The van der Waals surface area contributed by atoms with E-state index in [2.05, 4.69) is 25.9 Å². The van der Waals surface area contributed by atoms with Gasteiger partial charge in [-0.25, -0.2) is 0 Å². The lowest BCUT2D eigenvalue weighted by Crippen LogP contribution is -2.16. The van der Waals surface area contributed by atoms with Gasteiger partial charge in [-0.2, -0.15) is 0 Å². The van der Waals surface area contributed by atoms with Crippen LogP contribution in [0.25, 0.3) is 0 Å². The number of nitrogens with zero attached hydrogens (tertiary/aromatic N) is 2. The first-order valence-electron chi connectivity index (χ1n) is 4.03. The zero-order valence-electron chi connectivity index (χ0n) is 8.38. The summed E-state index contributed by atoms with van der Waals surface area (Å²) in [4.78, 5) is 0. The summed E-state index contributed by atoms with van der Waals surface area (Å²) in [5.74, 6) is 0.683. The van der Waals surface area contributed by atoms with Gasteiger partial charge in [0.2, 0.25) is 5.88 Å². The molecule has 1 rings (SSSR count). The molecule has 0 aromatic carbocycles. The summed E-state index contributed by atoms with van der Waals surface area (Å²) >= 11 is 0. The first kappa shape index (κ1) is 9.10. The summed E-state index contributed by atoms with van der Waals surface area (Å²) in [6, 6.07) is 1.97. The Hall–Kier alpha value is -0.990. The van der Waals surface area contributed by atoms with E-state index < -0.39 is 0 Å². The van der Waals surface area contributed by atoms with Gasteiger partial charge in [0.25, 0.3) is 0 Å². The first-order chi connectivity index (χ1) is 5.45. The van der Waals surface area contributed by atoms with E-state index in [1.807, 2.05) is 17.8 Å². The minimum atomic E-state index is 0.124. The van der Waals surface area contributed by atoms with Crippen LogP contribution in [-0.4, -0.2) is 16.9 Å². The third kappa shape index (κ3) is 1.60. The van der Waals surface area contributed by atoms with Crippen molar-refractivity contribution in [2.24, 2.45) is 7.05 Å². The minimum absolute atomic E-state index is 0.124. The van der Waals surface area contributed by atoms with Crippen LogP contribution in [-0.2, 0) is 12.5 Å². The molecule has 1 heterocycles.